The molecule has 1 saturated heterocycles. The van der Waals surface area contributed by atoms with Gasteiger partial charge in [-0.2, -0.15) is 0 Å². The second-order valence-corrected chi connectivity index (χ2v) is 13.0. The third kappa shape index (κ3) is 7.43. The lowest BCUT2D eigenvalue weighted by Crippen LogP contribution is -2.46. The van der Waals surface area contributed by atoms with Gasteiger partial charge in [-0.15, -0.1) is 0 Å². The van der Waals surface area contributed by atoms with Crippen LogP contribution in [0.1, 0.15) is 81.8 Å². The highest BCUT2D eigenvalue weighted by molar-refractivity contribution is 5.94. The number of nitrogens with zero attached hydrogens (tertiary/aromatic N) is 3. The summed E-state index contributed by atoms with van der Waals surface area (Å²) in [5, 5.41) is 4.17. The molecule has 1 fully saturated rings. The first kappa shape index (κ1) is 32.3. The third-order valence-electron chi connectivity index (χ3n) is 8.46. The van der Waals surface area contributed by atoms with E-state index in [1.165, 1.54) is 12.1 Å². The Labute approximate surface area is 262 Å². The number of fused-ring (bicyclic) bond motifs is 1. The van der Waals surface area contributed by atoms with Crippen molar-refractivity contribution in [2.24, 2.45) is 5.92 Å². The van der Waals surface area contributed by atoms with Crippen LogP contribution in [0.4, 0.5) is 23.7 Å². The van der Waals surface area contributed by atoms with Crippen molar-refractivity contribution in [3.63, 3.8) is 0 Å². The highest BCUT2D eigenvalue weighted by Crippen LogP contribution is 2.34. The van der Waals surface area contributed by atoms with Gasteiger partial charge in [0.1, 0.15) is 11.4 Å². The molecule has 45 heavy (non-hydrogen) atoms. The molecule has 1 atom stereocenters. The number of likely N-dealkylation sites (tertiary alicyclic amines) is 1. The first-order chi connectivity index (χ1) is 21.3. The monoisotopic (exact) mass is 622 g/mol. The van der Waals surface area contributed by atoms with E-state index in [0.29, 0.717) is 45.4 Å². The van der Waals surface area contributed by atoms with Crippen molar-refractivity contribution in [1.29, 1.82) is 0 Å². The number of halogens is 3. The van der Waals surface area contributed by atoms with Gasteiger partial charge in [0.25, 0.3) is 6.43 Å². The van der Waals surface area contributed by atoms with Gasteiger partial charge < -0.3 is 19.9 Å². The number of hydrogen-bond acceptors (Lipinski definition) is 5. The van der Waals surface area contributed by atoms with E-state index in [-0.39, 0.29) is 23.5 Å². The third-order valence-corrected chi connectivity index (χ3v) is 8.46. The van der Waals surface area contributed by atoms with Gasteiger partial charge in [0.2, 0.25) is 5.91 Å². The molecule has 2 aromatic carbocycles. The Bertz CT molecular complexity index is 1610. The van der Waals surface area contributed by atoms with Crippen LogP contribution in [0.25, 0.3) is 16.5 Å². The summed E-state index contributed by atoms with van der Waals surface area (Å²) < 4.78 is 47.0. The molecule has 7 nitrogen and oxygen atoms in total. The van der Waals surface area contributed by atoms with Gasteiger partial charge in [-0.3, -0.25) is 9.78 Å². The Kier molecular flexibility index (Phi) is 9.41. The van der Waals surface area contributed by atoms with Crippen LogP contribution in [0.15, 0.2) is 48.5 Å². The first-order valence-corrected chi connectivity index (χ1v) is 15.5. The molecule has 2 aliphatic heterocycles. The molecule has 0 spiro atoms. The number of hydrogen-bond donors (Lipinski definition) is 1. The molecule has 0 unspecified atom stereocenters. The van der Waals surface area contributed by atoms with Crippen LogP contribution in [-0.4, -0.2) is 58.6 Å². The molecule has 3 heterocycles. The van der Waals surface area contributed by atoms with Crippen molar-refractivity contribution in [3.8, 4) is 0 Å². The topological polar surface area (TPSA) is 74.8 Å². The summed E-state index contributed by atoms with van der Waals surface area (Å²) in [6.45, 7) is 11.3. The number of rotatable bonds is 6. The zero-order valence-electron chi connectivity index (χ0n) is 26.5. The minimum atomic E-state index is -2.89. The van der Waals surface area contributed by atoms with Gasteiger partial charge in [0, 0.05) is 54.4 Å². The van der Waals surface area contributed by atoms with Crippen LogP contribution in [0.3, 0.4) is 0 Å². The lowest BCUT2D eigenvalue weighted by Gasteiger charge is -2.36. The van der Waals surface area contributed by atoms with Crippen LogP contribution >= 0.6 is 0 Å². The second-order valence-electron chi connectivity index (χ2n) is 13.0. The maximum atomic E-state index is 14.9. The largest absolute Gasteiger partial charge is 0.444 e. The highest BCUT2D eigenvalue weighted by Gasteiger charge is 2.32. The number of anilines is 1. The number of aromatic nitrogens is 1. The number of aryl methyl sites for hydroxylation is 1. The highest BCUT2D eigenvalue weighted by atomic mass is 19.3. The van der Waals surface area contributed by atoms with Crippen molar-refractivity contribution >= 4 is 34.2 Å². The maximum Gasteiger partial charge on any atom is 0.410 e. The predicted molar refractivity (Wildman–Crippen MR) is 170 cm³/mol. The minimum Gasteiger partial charge on any atom is -0.444 e. The summed E-state index contributed by atoms with van der Waals surface area (Å²) in [4.78, 5) is 34.0. The zero-order chi connectivity index (χ0) is 32.5. The van der Waals surface area contributed by atoms with Gasteiger partial charge in [0.15, 0.2) is 0 Å². The van der Waals surface area contributed by atoms with E-state index >= 15 is 0 Å². The molecule has 240 valence electrons. The molecule has 2 amide bonds. The molecular weight excluding hydrogens is 581 g/mol. The molecule has 5 rings (SSSR count). The van der Waals surface area contributed by atoms with Crippen molar-refractivity contribution in [2.75, 3.05) is 31.5 Å². The molecule has 0 aliphatic carbocycles. The minimum absolute atomic E-state index is 0.115. The fourth-order valence-corrected chi connectivity index (χ4v) is 6.08. The van der Waals surface area contributed by atoms with E-state index in [4.69, 9.17) is 4.74 Å². The average Bonchev–Trinajstić information content (AvgIpc) is 2.99. The number of benzene rings is 2. The van der Waals surface area contributed by atoms with Crippen LogP contribution < -0.4 is 5.32 Å². The normalized spacial score (nSPS) is 17.0. The van der Waals surface area contributed by atoms with E-state index in [1.807, 2.05) is 56.9 Å². The number of nitrogens with one attached hydrogen (secondary N) is 1. The van der Waals surface area contributed by atoms with Gasteiger partial charge >= 0.3 is 6.09 Å². The van der Waals surface area contributed by atoms with Crippen molar-refractivity contribution < 1.29 is 27.5 Å². The Morgan fingerprint density at radius 1 is 1.02 bits per heavy atom. The molecule has 10 heteroatoms. The van der Waals surface area contributed by atoms with Crippen LogP contribution in [0.5, 0.6) is 0 Å². The Hall–Kier alpha value is -4.08. The fourth-order valence-electron chi connectivity index (χ4n) is 6.08. The number of amides is 2. The molecule has 3 aromatic rings. The van der Waals surface area contributed by atoms with Gasteiger partial charge in [-0.25, -0.2) is 18.0 Å². The quantitative estimate of drug-likeness (QED) is 0.301. The van der Waals surface area contributed by atoms with Crippen LogP contribution in [-0.2, 0) is 9.53 Å². The lowest BCUT2D eigenvalue weighted by molar-refractivity contribution is -0.136. The van der Waals surface area contributed by atoms with Gasteiger partial charge in [-0.05, 0) is 83.2 Å². The summed E-state index contributed by atoms with van der Waals surface area (Å²) in [5.74, 6) is -0.894. The number of pyridine rings is 1. The van der Waals surface area contributed by atoms with E-state index in [2.05, 4.69) is 16.4 Å². The van der Waals surface area contributed by atoms with E-state index in [1.54, 1.807) is 11.8 Å². The predicted octanol–water partition coefficient (Wildman–Crippen LogP) is 8.06. The molecule has 0 bridgehead atoms. The number of alkyl halides is 2. The van der Waals surface area contributed by atoms with Gasteiger partial charge in [-0.1, -0.05) is 30.3 Å². The Balaban J connectivity index is 1.27. The zero-order valence-corrected chi connectivity index (χ0v) is 26.5. The van der Waals surface area contributed by atoms with Crippen molar-refractivity contribution in [3.05, 3.63) is 76.7 Å². The summed E-state index contributed by atoms with van der Waals surface area (Å²) in [6, 6.07) is 11.4. The summed E-state index contributed by atoms with van der Waals surface area (Å²) in [6.07, 6.45) is 0.787. The first-order valence-electron chi connectivity index (χ1n) is 15.5. The maximum absolute atomic E-state index is 14.9. The lowest BCUT2D eigenvalue weighted by atomic mass is 9.93. The fraction of sp³-hybridized carbons (Fsp3) is 0.457. The summed E-state index contributed by atoms with van der Waals surface area (Å²) in [5.41, 5.74) is 3.41. The van der Waals surface area contributed by atoms with E-state index in [9.17, 15) is 22.8 Å². The van der Waals surface area contributed by atoms with Crippen molar-refractivity contribution in [1.82, 2.24) is 14.8 Å². The summed E-state index contributed by atoms with van der Waals surface area (Å²) >= 11 is 0. The number of ether oxygens (including phenoxy) is 1. The molecule has 0 saturated carbocycles. The molecule has 2 aliphatic rings. The molecular formula is C35H41F3N4O3. The standard InChI is InChI=1S/C35H41F3N4O3/c1-21-19-30(40-22(2)26-7-6-8-27(31(26)36)32(37)38)28-20-25(9-10-29(28)39-21)23-11-15-41(16-12-23)33(43)24-13-17-42(18-14-24)34(44)45-35(3,4)5/h6-11,19-20,22,24,32H,12-18H2,1-5H3,(H,39,40)/t22-/m1/s1. The van der Waals surface area contributed by atoms with E-state index in [0.717, 1.165) is 39.5 Å². The smallest absolute Gasteiger partial charge is 0.410 e. The van der Waals surface area contributed by atoms with Crippen molar-refractivity contribution in [2.45, 2.75) is 71.9 Å². The Morgan fingerprint density at radius 3 is 2.38 bits per heavy atom. The molecule has 1 N–H and O–H groups in total. The number of carbonyl (C=O) groups is 2. The Morgan fingerprint density at radius 2 is 1.73 bits per heavy atom. The molecule has 1 aromatic heterocycles. The van der Waals surface area contributed by atoms with E-state index < -0.39 is 29.4 Å². The average molecular weight is 623 g/mol. The number of carbonyl (C=O) groups excluding carboxylic acids is 2. The SMILES string of the molecule is Cc1cc(N[C@H](C)c2cccc(C(F)F)c2F)c2cc(C3=CCN(C(=O)C4CCN(C(=O)OC(C)(C)C)CC4)CC3)ccc2n1. The molecule has 0 radical (unpaired) electrons. The second kappa shape index (κ2) is 13.1. The van der Waals surface area contributed by atoms with Crippen LogP contribution in [0.2, 0.25) is 0 Å². The van der Waals surface area contributed by atoms with Gasteiger partial charge in [0.05, 0.1) is 17.1 Å². The summed E-state index contributed by atoms with van der Waals surface area (Å²) in [7, 11) is 0. The number of piperidine rings is 1. The van der Waals surface area contributed by atoms with Crippen LogP contribution in [0, 0.1) is 18.7 Å².